The van der Waals surface area contributed by atoms with Crippen molar-refractivity contribution in [1.29, 1.82) is 5.26 Å². The van der Waals surface area contributed by atoms with E-state index in [0.717, 1.165) is 4.47 Å². The number of nitrogens with zero attached hydrogens (tertiary/aromatic N) is 2. The van der Waals surface area contributed by atoms with Crippen molar-refractivity contribution in [3.8, 4) is 6.07 Å². The van der Waals surface area contributed by atoms with Gasteiger partial charge in [-0.2, -0.15) is 5.26 Å². The van der Waals surface area contributed by atoms with Crippen LogP contribution < -0.4 is 10.6 Å². The van der Waals surface area contributed by atoms with E-state index in [-0.39, 0.29) is 6.61 Å². The molecule has 0 aromatic heterocycles. The van der Waals surface area contributed by atoms with Crippen LogP contribution in [0.1, 0.15) is 5.56 Å². The average Bonchev–Trinajstić information content (AvgIpc) is 2.38. The molecule has 0 bridgehead atoms. The number of morpholine rings is 1. The predicted octanol–water partition coefficient (Wildman–Crippen LogP) is 1.01. The first-order valence-electron chi connectivity index (χ1n) is 5.47. The summed E-state index contributed by atoms with van der Waals surface area (Å²) in [5, 5.41) is 9.15. The lowest BCUT2D eigenvalue weighted by Gasteiger charge is -2.35. The molecule has 2 N–H and O–H groups in total. The van der Waals surface area contributed by atoms with Gasteiger partial charge in [0.1, 0.15) is 12.1 Å². The Balaban J connectivity index is 2.40. The Morgan fingerprint density at radius 2 is 2.39 bits per heavy atom. The summed E-state index contributed by atoms with van der Waals surface area (Å²) in [5.74, 6) is -0.443. The van der Waals surface area contributed by atoms with E-state index in [0.29, 0.717) is 24.4 Å². The lowest BCUT2D eigenvalue weighted by atomic mass is 10.1. The van der Waals surface area contributed by atoms with E-state index in [4.69, 9.17) is 15.7 Å². The van der Waals surface area contributed by atoms with Crippen LogP contribution in [0.4, 0.5) is 5.69 Å². The number of rotatable bonds is 2. The Hall–Kier alpha value is -1.58. The number of benzene rings is 1. The molecule has 1 heterocycles. The van der Waals surface area contributed by atoms with Crippen LogP contribution in [0.15, 0.2) is 22.7 Å². The molecule has 5 nitrogen and oxygen atoms in total. The average molecular weight is 310 g/mol. The number of primary amides is 1. The first-order chi connectivity index (χ1) is 8.63. The van der Waals surface area contributed by atoms with Gasteiger partial charge in [-0.05, 0) is 18.2 Å². The Kier molecular flexibility index (Phi) is 3.84. The normalized spacial score (nSPS) is 19.3. The minimum absolute atomic E-state index is 0.260. The molecule has 1 amide bonds. The highest BCUT2D eigenvalue weighted by Gasteiger charge is 2.29. The summed E-state index contributed by atoms with van der Waals surface area (Å²) in [6.45, 7) is 1.32. The summed E-state index contributed by atoms with van der Waals surface area (Å²) in [6, 6.07) is 6.98. The van der Waals surface area contributed by atoms with Gasteiger partial charge in [0.2, 0.25) is 5.91 Å². The molecule has 0 saturated carbocycles. The summed E-state index contributed by atoms with van der Waals surface area (Å²) in [5.41, 5.74) is 6.59. The molecule has 1 fully saturated rings. The zero-order valence-electron chi connectivity index (χ0n) is 9.60. The van der Waals surface area contributed by atoms with Crippen molar-refractivity contribution in [2.24, 2.45) is 5.73 Å². The molecule has 1 unspecified atom stereocenters. The number of halogens is 1. The number of nitrogens with two attached hydrogens (primary N) is 1. The van der Waals surface area contributed by atoms with Crippen molar-refractivity contribution in [3.63, 3.8) is 0 Å². The van der Waals surface area contributed by atoms with Crippen molar-refractivity contribution < 1.29 is 9.53 Å². The number of anilines is 1. The highest BCUT2D eigenvalue weighted by Crippen LogP contribution is 2.26. The summed E-state index contributed by atoms with van der Waals surface area (Å²) < 4.78 is 6.08. The molecule has 2 rings (SSSR count). The highest BCUT2D eigenvalue weighted by molar-refractivity contribution is 9.10. The summed E-state index contributed by atoms with van der Waals surface area (Å²) in [6.07, 6.45) is 0. The molecule has 0 aliphatic carbocycles. The molecule has 1 aliphatic heterocycles. The number of hydrogen-bond donors (Lipinski definition) is 1. The third-order valence-electron chi connectivity index (χ3n) is 2.85. The maximum absolute atomic E-state index is 11.4. The van der Waals surface area contributed by atoms with E-state index in [1.54, 1.807) is 6.07 Å². The Morgan fingerprint density at radius 3 is 3.06 bits per heavy atom. The maximum atomic E-state index is 11.4. The molecule has 1 aliphatic rings. The van der Waals surface area contributed by atoms with E-state index >= 15 is 0 Å². The third kappa shape index (κ3) is 2.47. The van der Waals surface area contributed by atoms with Gasteiger partial charge in [0.05, 0.1) is 24.5 Å². The van der Waals surface area contributed by atoms with E-state index in [9.17, 15) is 4.79 Å². The number of amides is 1. The summed E-state index contributed by atoms with van der Waals surface area (Å²) in [4.78, 5) is 13.2. The lowest BCUT2D eigenvalue weighted by molar-refractivity contribution is -0.121. The molecule has 6 heteroatoms. The van der Waals surface area contributed by atoms with Gasteiger partial charge in [-0.1, -0.05) is 15.9 Å². The van der Waals surface area contributed by atoms with Crippen molar-refractivity contribution >= 4 is 27.5 Å². The van der Waals surface area contributed by atoms with Crippen LogP contribution in [0.25, 0.3) is 0 Å². The van der Waals surface area contributed by atoms with E-state index < -0.39 is 11.9 Å². The largest absolute Gasteiger partial charge is 0.377 e. The Bertz CT molecular complexity index is 513. The fraction of sp³-hybridized carbons (Fsp3) is 0.333. The van der Waals surface area contributed by atoms with Crippen LogP contribution in [0.2, 0.25) is 0 Å². The topological polar surface area (TPSA) is 79.3 Å². The molecular weight excluding hydrogens is 298 g/mol. The van der Waals surface area contributed by atoms with Crippen LogP contribution in [-0.2, 0) is 9.53 Å². The number of ether oxygens (including phenoxy) is 1. The fourth-order valence-corrected chi connectivity index (χ4v) is 2.34. The molecule has 1 atom stereocenters. The lowest BCUT2D eigenvalue weighted by Crippen LogP contribution is -2.52. The van der Waals surface area contributed by atoms with Gasteiger partial charge >= 0.3 is 0 Å². The zero-order chi connectivity index (χ0) is 13.1. The Labute approximate surface area is 113 Å². The molecule has 0 spiro atoms. The second-order valence-electron chi connectivity index (χ2n) is 3.96. The van der Waals surface area contributed by atoms with E-state index in [2.05, 4.69) is 22.0 Å². The molecular formula is C12H12BrN3O2. The van der Waals surface area contributed by atoms with E-state index in [1.165, 1.54) is 0 Å². The number of hydrogen-bond acceptors (Lipinski definition) is 4. The fourth-order valence-electron chi connectivity index (χ4n) is 1.98. The van der Waals surface area contributed by atoms with Crippen LogP contribution in [0, 0.1) is 11.3 Å². The van der Waals surface area contributed by atoms with Gasteiger partial charge in [-0.3, -0.25) is 4.79 Å². The van der Waals surface area contributed by atoms with E-state index in [1.807, 2.05) is 17.0 Å². The molecule has 18 heavy (non-hydrogen) atoms. The van der Waals surface area contributed by atoms with Gasteiger partial charge < -0.3 is 15.4 Å². The standard InChI is InChI=1S/C12H12BrN3O2/c13-9-1-2-10(8(5-9)6-14)16-3-4-18-7-11(16)12(15)17/h1-2,5,11H,3-4,7H2,(H2,15,17). The Morgan fingerprint density at radius 1 is 1.61 bits per heavy atom. The van der Waals surface area contributed by atoms with Crippen molar-refractivity contribution in [2.75, 3.05) is 24.7 Å². The monoisotopic (exact) mass is 309 g/mol. The molecule has 1 aromatic carbocycles. The smallest absolute Gasteiger partial charge is 0.242 e. The summed E-state index contributed by atoms with van der Waals surface area (Å²) >= 11 is 3.32. The minimum atomic E-state index is -0.521. The van der Waals surface area contributed by atoms with Gasteiger partial charge in [0, 0.05) is 11.0 Å². The summed E-state index contributed by atoms with van der Waals surface area (Å²) in [7, 11) is 0. The van der Waals surface area contributed by atoms with Gasteiger partial charge in [0.25, 0.3) is 0 Å². The second kappa shape index (κ2) is 5.38. The second-order valence-corrected chi connectivity index (χ2v) is 4.88. The maximum Gasteiger partial charge on any atom is 0.242 e. The number of nitriles is 1. The van der Waals surface area contributed by atoms with Crippen LogP contribution in [0.5, 0.6) is 0 Å². The van der Waals surface area contributed by atoms with Crippen LogP contribution in [-0.4, -0.2) is 31.7 Å². The number of carbonyl (C=O) groups excluding carboxylic acids is 1. The minimum Gasteiger partial charge on any atom is -0.377 e. The molecule has 1 saturated heterocycles. The van der Waals surface area contributed by atoms with Crippen LogP contribution >= 0.6 is 15.9 Å². The molecule has 94 valence electrons. The first-order valence-corrected chi connectivity index (χ1v) is 6.26. The van der Waals surface area contributed by atoms with Gasteiger partial charge in [-0.25, -0.2) is 0 Å². The van der Waals surface area contributed by atoms with Crippen molar-refractivity contribution in [1.82, 2.24) is 0 Å². The third-order valence-corrected chi connectivity index (χ3v) is 3.34. The van der Waals surface area contributed by atoms with Gasteiger partial charge in [-0.15, -0.1) is 0 Å². The molecule has 1 aromatic rings. The highest BCUT2D eigenvalue weighted by atomic mass is 79.9. The van der Waals surface area contributed by atoms with Crippen molar-refractivity contribution in [3.05, 3.63) is 28.2 Å². The van der Waals surface area contributed by atoms with Crippen molar-refractivity contribution in [2.45, 2.75) is 6.04 Å². The molecule has 0 radical (unpaired) electrons. The SMILES string of the molecule is N#Cc1cc(Br)ccc1N1CCOCC1C(N)=O. The first kappa shape index (κ1) is 12.9. The number of carbonyl (C=O) groups is 1. The van der Waals surface area contributed by atoms with Crippen LogP contribution in [0.3, 0.4) is 0 Å². The predicted molar refractivity (Wildman–Crippen MR) is 70.0 cm³/mol. The zero-order valence-corrected chi connectivity index (χ0v) is 11.2. The van der Waals surface area contributed by atoms with Gasteiger partial charge in [0.15, 0.2) is 0 Å². The quantitative estimate of drug-likeness (QED) is 0.884.